The van der Waals surface area contributed by atoms with Gasteiger partial charge < -0.3 is 9.47 Å². The molecule has 0 atom stereocenters. The zero-order valence-corrected chi connectivity index (χ0v) is 10.3. The van der Waals surface area contributed by atoms with Gasteiger partial charge in [-0.2, -0.15) is 0 Å². The maximum absolute atomic E-state index is 13.3. The third kappa shape index (κ3) is 3.28. The summed E-state index contributed by atoms with van der Waals surface area (Å²) in [5.41, 5.74) is 0.952. The molecule has 0 amide bonds. The summed E-state index contributed by atoms with van der Waals surface area (Å²) in [6, 6.07) is 9.35. The second kappa shape index (κ2) is 5.95. The fourth-order valence-corrected chi connectivity index (χ4v) is 1.46. The van der Waals surface area contributed by atoms with Crippen LogP contribution in [0.4, 0.5) is 4.39 Å². The normalized spacial score (nSPS) is 10.0. The van der Waals surface area contributed by atoms with Crippen LogP contribution < -0.4 is 4.74 Å². The first-order chi connectivity index (χ1) is 9.20. The Kier molecular flexibility index (Phi) is 4.07. The molecule has 5 heteroatoms. The van der Waals surface area contributed by atoms with E-state index in [4.69, 9.17) is 4.74 Å². The molecule has 1 aromatic carbocycles. The Bertz CT molecular complexity index is 569. The van der Waals surface area contributed by atoms with Gasteiger partial charge >= 0.3 is 5.97 Å². The van der Waals surface area contributed by atoms with Gasteiger partial charge in [0.25, 0.3) is 0 Å². The molecule has 0 aliphatic rings. The summed E-state index contributed by atoms with van der Waals surface area (Å²) in [4.78, 5) is 15.2. The van der Waals surface area contributed by atoms with Crippen LogP contribution in [0.15, 0.2) is 42.6 Å². The zero-order valence-electron chi connectivity index (χ0n) is 10.3. The molecule has 0 fully saturated rings. The summed E-state index contributed by atoms with van der Waals surface area (Å²) in [5.74, 6) is -0.705. The Morgan fingerprint density at radius 3 is 2.68 bits per heavy atom. The molecule has 1 heterocycles. The third-order valence-corrected chi connectivity index (χ3v) is 2.46. The van der Waals surface area contributed by atoms with Crippen LogP contribution in [0.3, 0.4) is 0 Å². The van der Waals surface area contributed by atoms with Crippen molar-refractivity contribution in [3.63, 3.8) is 0 Å². The topological polar surface area (TPSA) is 48.4 Å². The van der Waals surface area contributed by atoms with E-state index in [1.165, 1.54) is 25.4 Å². The van der Waals surface area contributed by atoms with Crippen molar-refractivity contribution in [2.75, 3.05) is 7.11 Å². The van der Waals surface area contributed by atoms with E-state index in [0.29, 0.717) is 11.3 Å². The highest BCUT2D eigenvalue weighted by molar-refractivity contribution is 5.88. The fraction of sp³-hybridized carbons (Fsp3) is 0.143. The molecule has 0 spiro atoms. The van der Waals surface area contributed by atoms with E-state index >= 15 is 0 Å². The first kappa shape index (κ1) is 13.0. The van der Waals surface area contributed by atoms with Gasteiger partial charge in [0.1, 0.15) is 6.61 Å². The number of hydrogen-bond acceptors (Lipinski definition) is 4. The molecule has 0 saturated carbocycles. The summed E-state index contributed by atoms with van der Waals surface area (Å²) in [7, 11) is 1.30. The molecule has 2 aromatic rings. The maximum Gasteiger partial charge on any atom is 0.339 e. The highest BCUT2D eigenvalue weighted by Crippen LogP contribution is 2.16. The van der Waals surface area contributed by atoms with Crippen molar-refractivity contribution in [2.45, 2.75) is 6.61 Å². The minimum absolute atomic E-state index is 0.127. The molecule has 0 aliphatic carbocycles. The van der Waals surface area contributed by atoms with Crippen molar-refractivity contribution >= 4 is 5.97 Å². The Hall–Kier alpha value is -2.43. The van der Waals surface area contributed by atoms with E-state index < -0.39 is 11.8 Å². The summed E-state index contributed by atoms with van der Waals surface area (Å²) < 4.78 is 23.2. The van der Waals surface area contributed by atoms with Crippen LogP contribution >= 0.6 is 0 Å². The molecule has 0 unspecified atom stereocenters. The van der Waals surface area contributed by atoms with Gasteiger partial charge in [0.2, 0.25) is 0 Å². The van der Waals surface area contributed by atoms with E-state index in [0.717, 1.165) is 0 Å². The SMILES string of the molecule is COC(=O)c1ccc(COc2ccccc2F)nc1. The number of pyridine rings is 1. The molecule has 0 aliphatic heterocycles. The largest absolute Gasteiger partial charge is 0.484 e. The number of esters is 1. The van der Waals surface area contributed by atoms with Crippen molar-refractivity contribution in [1.82, 2.24) is 4.98 Å². The molecule has 98 valence electrons. The summed E-state index contributed by atoms with van der Waals surface area (Å²) in [6.07, 6.45) is 1.39. The second-order valence-corrected chi connectivity index (χ2v) is 3.75. The lowest BCUT2D eigenvalue weighted by atomic mass is 10.2. The molecule has 19 heavy (non-hydrogen) atoms. The predicted octanol–water partition coefficient (Wildman–Crippen LogP) is 2.59. The van der Waals surface area contributed by atoms with Crippen molar-refractivity contribution in [1.29, 1.82) is 0 Å². The number of benzene rings is 1. The average Bonchev–Trinajstić information content (AvgIpc) is 2.46. The van der Waals surface area contributed by atoms with Crippen LogP contribution in [0.25, 0.3) is 0 Å². The Balaban J connectivity index is 2.01. The molecule has 1 aromatic heterocycles. The Morgan fingerprint density at radius 1 is 1.26 bits per heavy atom. The first-order valence-corrected chi connectivity index (χ1v) is 5.61. The van der Waals surface area contributed by atoms with Gasteiger partial charge in [-0.05, 0) is 24.3 Å². The maximum atomic E-state index is 13.3. The van der Waals surface area contributed by atoms with Crippen LogP contribution in [0.2, 0.25) is 0 Å². The number of nitrogens with zero attached hydrogens (tertiary/aromatic N) is 1. The van der Waals surface area contributed by atoms with Crippen molar-refractivity contribution in [3.8, 4) is 5.75 Å². The number of carbonyl (C=O) groups excluding carboxylic acids is 1. The van der Waals surface area contributed by atoms with Crippen molar-refractivity contribution in [2.24, 2.45) is 0 Å². The summed E-state index contributed by atoms with van der Waals surface area (Å²) in [6.45, 7) is 0.127. The number of hydrogen-bond donors (Lipinski definition) is 0. The minimum atomic E-state index is -0.450. The van der Waals surface area contributed by atoms with Gasteiger partial charge in [-0.3, -0.25) is 4.98 Å². The smallest absolute Gasteiger partial charge is 0.339 e. The number of rotatable bonds is 4. The average molecular weight is 261 g/mol. The van der Waals surface area contributed by atoms with Gasteiger partial charge in [-0.25, -0.2) is 9.18 Å². The molecule has 0 saturated heterocycles. The lowest BCUT2D eigenvalue weighted by Gasteiger charge is -2.06. The van der Waals surface area contributed by atoms with E-state index in [-0.39, 0.29) is 12.4 Å². The van der Waals surface area contributed by atoms with Crippen LogP contribution in [0.1, 0.15) is 16.1 Å². The number of halogens is 1. The van der Waals surface area contributed by atoms with Crippen molar-refractivity contribution in [3.05, 3.63) is 59.7 Å². The van der Waals surface area contributed by atoms with Crippen LogP contribution in [-0.4, -0.2) is 18.1 Å². The zero-order chi connectivity index (χ0) is 13.7. The highest BCUT2D eigenvalue weighted by Gasteiger charge is 2.06. The number of aromatic nitrogens is 1. The Morgan fingerprint density at radius 2 is 2.05 bits per heavy atom. The van der Waals surface area contributed by atoms with Gasteiger partial charge in [0.15, 0.2) is 11.6 Å². The van der Waals surface area contributed by atoms with Crippen molar-refractivity contribution < 1.29 is 18.7 Å². The highest BCUT2D eigenvalue weighted by atomic mass is 19.1. The quantitative estimate of drug-likeness (QED) is 0.794. The van der Waals surface area contributed by atoms with E-state index in [1.54, 1.807) is 24.3 Å². The molecule has 2 rings (SSSR count). The van der Waals surface area contributed by atoms with E-state index in [2.05, 4.69) is 9.72 Å². The summed E-state index contributed by atoms with van der Waals surface area (Å²) >= 11 is 0. The van der Waals surface area contributed by atoms with Crippen LogP contribution in [0.5, 0.6) is 5.75 Å². The number of carbonyl (C=O) groups is 1. The minimum Gasteiger partial charge on any atom is -0.484 e. The van der Waals surface area contributed by atoms with E-state index in [9.17, 15) is 9.18 Å². The molecule has 4 nitrogen and oxygen atoms in total. The predicted molar refractivity (Wildman–Crippen MR) is 66.3 cm³/mol. The first-order valence-electron chi connectivity index (χ1n) is 5.61. The van der Waals surface area contributed by atoms with Gasteiger partial charge in [-0.1, -0.05) is 12.1 Å². The number of para-hydroxylation sites is 1. The van der Waals surface area contributed by atoms with Gasteiger partial charge in [0, 0.05) is 6.20 Å². The monoisotopic (exact) mass is 261 g/mol. The van der Waals surface area contributed by atoms with E-state index in [1.807, 2.05) is 0 Å². The third-order valence-electron chi connectivity index (χ3n) is 2.46. The molecule has 0 bridgehead atoms. The Labute approximate surface area is 109 Å². The fourth-order valence-electron chi connectivity index (χ4n) is 1.46. The summed E-state index contributed by atoms with van der Waals surface area (Å²) in [5, 5.41) is 0. The lowest BCUT2D eigenvalue weighted by Crippen LogP contribution is -2.04. The standard InChI is InChI=1S/C14H12FNO3/c1-18-14(17)10-6-7-11(16-8-10)9-19-13-5-3-2-4-12(13)15/h2-8H,9H2,1H3. The number of ether oxygens (including phenoxy) is 2. The van der Waals surface area contributed by atoms with Crippen LogP contribution in [-0.2, 0) is 11.3 Å². The molecule has 0 N–H and O–H groups in total. The van der Waals surface area contributed by atoms with Gasteiger partial charge in [0.05, 0.1) is 18.4 Å². The van der Waals surface area contributed by atoms with Crippen LogP contribution in [0, 0.1) is 5.82 Å². The van der Waals surface area contributed by atoms with Gasteiger partial charge in [-0.15, -0.1) is 0 Å². The number of methoxy groups -OCH3 is 1. The molecular weight excluding hydrogens is 249 g/mol. The lowest BCUT2D eigenvalue weighted by molar-refractivity contribution is 0.0600. The molecule has 0 radical (unpaired) electrons. The second-order valence-electron chi connectivity index (χ2n) is 3.75. The molecular formula is C14H12FNO3.